The molecule has 1 spiro atoms. The van der Waals surface area contributed by atoms with E-state index >= 15 is 0 Å². The van der Waals surface area contributed by atoms with E-state index in [9.17, 15) is 40.2 Å². The highest BCUT2D eigenvalue weighted by molar-refractivity contribution is 5.66. The van der Waals surface area contributed by atoms with Gasteiger partial charge in [0.15, 0.2) is 18.7 Å². The molecule has 0 radical (unpaired) electrons. The fourth-order valence-electron chi connectivity index (χ4n) is 14.8. The van der Waals surface area contributed by atoms with Gasteiger partial charge in [-0.05, 0) is 86.4 Å². The fraction of sp³-hybridized carbons (Fsp3) is 0.913. The Morgan fingerprint density at radius 1 is 0.770 bits per heavy atom. The number of ether oxygens (including phenoxy) is 7. The fourth-order valence-corrected chi connectivity index (χ4v) is 14.8. The van der Waals surface area contributed by atoms with Crippen LogP contribution in [-0.2, 0) is 42.7 Å². The number of carbonyl (C=O) groups is 2. The van der Waals surface area contributed by atoms with Crippen LogP contribution in [0.4, 0.5) is 0 Å². The standard InChI is InChI=1S/C46H72O15/c1-23-32(51)37(61-38-34(53)33(52)36(58-25(3)49)26(59-38)20-55-24(2)48)35(54)39(57-23)60-31-12-13-41(6)27(42(31,7)21-47)10-14-43(8)28(41)11-15-46-29-18-40(4,5)16-17-45(29,22-56-46)30(50)19-44(43,46)9/h11,15,23,26-39,47,50-54H,10,12-14,16-22H2,1-9H3. The molecule has 5 aliphatic carbocycles. The number of fused-ring (bicyclic) bond motifs is 4. The Labute approximate surface area is 359 Å². The Morgan fingerprint density at radius 2 is 1.48 bits per heavy atom. The molecule has 15 nitrogen and oxygen atoms in total. The van der Waals surface area contributed by atoms with Gasteiger partial charge in [-0.25, -0.2) is 0 Å². The number of rotatable bonds is 8. The first kappa shape index (κ1) is 45.8. The Bertz CT molecular complexity index is 1720. The summed E-state index contributed by atoms with van der Waals surface area (Å²) in [4.78, 5) is 23.5. The number of esters is 2. The van der Waals surface area contributed by atoms with Crippen LogP contribution in [0.3, 0.4) is 0 Å². The van der Waals surface area contributed by atoms with E-state index in [1.807, 2.05) is 0 Å². The molecule has 3 saturated heterocycles. The largest absolute Gasteiger partial charge is 0.463 e. The van der Waals surface area contributed by atoms with E-state index in [1.165, 1.54) is 6.92 Å². The third-order valence-electron chi connectivity index (χ3n) is 18.5. The second-order valence-corrected chi connectivity index (χ2v) is 22.2. The lowest BCUT2D eigenvalue weighted by Gasteiger charge is -2.73. The SMILES string of the molecule is CC(=O)OCC1OC(OC2C(O)C(C)OC(OC3CCC4(C)C(CCC5(C)C4C=CC46OCC7(CCC(C)(C)CC74)C(O)CC56C)C3(C)CO)C2O)C(O)C(O)C1OC(C)=O. The predicted octanol–water partition coefficient (Wildman–Crippen LogP) is 2.92. The van der Waals surface area contributed by atoms with Crippen LogP contribution in [0, 0.1) is 50.2 Å². The number of hydrogen-bond acceptors (Lipinski definition) is 15. The molecule has 3 aliphatic heterocycles. The van der Waals surface area contributed by atoms with Crippen molar-refractivity contribution in [3.63, 3.8) is 0 Å². The van der Waals surface area contributed by atoms with Gasteiger partial charge in [0, 0.05) is 36.0 Å². The molecule has 8 rings (SSSR count). The van der Waals surface area contributed by atoms with E-state index in [-0.39, 0.29) is 51.4 Å². The zero-order valence-corrected chi connectivity index (χ0v) is 37.5. The van der Waals surface area contributed by atoms with Gasteiger partial charge in [-0.15, -0.1) is 0 Å². The molecule has 21 atom stereocenters. The first-order valence-corrected chi connectivity index (χ1v) is 22.7. The maximum Gasteiger partial charge on any atom is 0.303 e. The molecular formula is C46H72O15. The van der Waals surface area contributed by atoms with Crippen LogP contribution in [0.2, 0.25) is 0 Å². The van der Waals surface area contributed by atoms with Crippen molar-refractivity contribution >= 4 is 11.9 Å². The van der Waals surface area contributed by atoms with Crippen molar-refractivity contribution in [3.8, 4) is 0 Å². The van der Waals surface area contributed by atoms with Crippen LogP contribution < -0.4 is 0 Å². The molecule has 0 amide bonds. The van der Waals surface area contributed by atoms with Crippen LogP contribution in [0.15, 0.2) is 12.2 Å². The van der Waals surface area contributed by atoms with Crippen molar-refractivity contribution in [2.75, 3.05) is 19.8 Å². The normalized spacial score (nSPS) is 54.7. The van der Waals surface area contributed by atoms with Gasteiger partial charge in [-0.2, -0.15) is 0 Å². The number of carbonyl (C=O) groups excluding carboxylic acids is 2. The van der Waals surface area contributed by atoms with Crippen LogP contribution in [0.5, 0.6) is 0 Å². The molecule has 15 heteroatoms. The molecule has 0 aromatic rings. The van der Waals surface area contributed by atoms with E-state index in [1.54, 1.807) is 6.92 Å². The van der Waals surface area contributed by atoms with E-state index < -0.39 is 103 Å². The lowest BCUT2D eigenvalue weighted by Crippen LogP contribution is -2.72. The summed E-state index contributed by atoms with van der Waals surface area (Å²) >= 11 is 0. The molecular weight excluding hydrogens is 792 g/mol. The van der Waals surface area contributed by atoms with Gasteiger partial charge < -0.3 is 63.8 Å². The van der Waals surface area contributed by atoms with Gasteiger partial charge >= 0.3 is 11.9 Å². The second-order valence-electron chi connectivity index (χ2n) is 22.2. The van der Waals surface area contributed by atoms with E-state index in [4.69, 9.17) is 33.2 Å². The zero-order chi connectivity index (χ0) is 44.5. The summed E-state index contributed by atoms with van der Waals surface area (Å²) in [6, 6.07) is 0. The smallest absolute Gasteiger partial charge is 0.303 e. The highest BCUT2D eigenvalue weighted by Crippen LogP contribution is 2.79. The number of aliphatic hydroxyl groups excluding tert-OH is 6. The predicted molar refractivity (Wildman–Crippen MR) is 216 cm³/mol. The molecule has 346 valence electrons. The third kappa shape index (κ3) is 6.67. The van der Waals surface area contributed by atoms with Gasteiger partial charge in [-0.3, -0.25) is 9.59 Å². The first-order valence-electron chi connectivity index (χ1n) is 22.7. The summed E-state index contributed by atoms with van der Waals surface area (Å²) in [7, 11) is 0. The van der Waals surface area contributed by atoms with Gasteiger partial charge in [0.05, 0.1) is 37.1 Å². The van der Waals surface area contributed by atoms with E-state index in [2.05, 4.69) is 53.7 Å². The highest BCUT2D eigenvalue weighted by Gasteiger charge is 2.79. The molecule has 6 N–H and O–H groups in total. The number of hydrogen-bond donors (Lipinski definition) is 6. The average molecular weight is 865 g/mol. The summed E-state index contributed by atoms with van der Waals surface area (Å²) in [5.74, 6) is -1.04. The average Bonchev–Trinajstić information content (AvgIpc) is 3.46. The first-order chi connectivity index (χ1) is 28.4. The van der Waals surface area contributed by atoms with Crippen LogP contribution >= 0.6 is 0 Å². The zero-order valence-electron chi connectivity index (χ0n) is 37.5. The highest BCUT2D eigenvalue weighted by atomic mass is 16.7. The molecule has 2 bridgehead atoms. The minimum absolute atomic E-state index is 0.0113. The topological polar surface area (TPSA) is 220 Å². The Kier molecular flexibility index (Phi) is 11.6. The summed E-state index contributed by atoms with van der Waals surface area (Å²) in [6.45, 7) is 17.8. The monoisotopic (exact) mass is 864 g/mol. The summed E-state index contributed by atoms with van der Waals surface area (Å²) in [5, 5.41) is 68.7. The molecule has 3 heterocycles. The summed E-state index contributed by atoms with van der Waals surface area (Å²) in [6.07, 6.45) is -3.90. The van der Waals surface area contributed by atoms with E-state index in [0.29, 0.717) is 19.4 Å². The Hall–Kier alpha value is -1.76. The summed E-state index contributed by atoms with van der Waals surface area (Å²) in [5.41, 5.74) is -2.06. The minimum Gasteiger partial charge on any atom is -0.463 e. The quantitative estimate of drug-likeness (QED) is 0.117. The van der Waals surface area contributed by atoms with Crippen molar-refractivity contribution in [2.24, 2.45) is 50.2 Å². The van der Waals surface area contributed by atoms with Crippen molar-refractivity contribution in [1.82, 2.24) is 0 Å². The Balaban J connectivity index is 1.02. The molecule has 61 heavy (non-hydrogen) atoms. The molecule has 8 aliphatic rings. The Morgan fingerprint density at radius 3 is 2.15 bits per heavy atom. The lowest BCUT2D eigenvalue weighted by molar-refractivity contribution is -0.368. The molecule has 0 aromatic carbocycles. The van der Waals surface area contributed by atoms with E-state index in [0.717, 1.165) is 45.4 Å². The van der Waals surface area contributed by atoms with Crippen molar-refractivity contribution in [2.45, 2.75) is 193 Å². The third-order valence-corrected chi connectivity index (χ3v) is 18.5. The van der Waals surface area contributed by atoms with Gasteiger partial charge in [-0.1, -0.05) is 53.7 Å². The maximum absolute atomic E-state index is 12.2. The minimum atomic E-state index is -1.79. The van der Waals surface area contributed by atoms with Gasteiger partial charge in [0.25, 0.3) is 0 Å². The number of aliphatic hydroxyl groups is 6. The lowest BCUT2D eigenvalue weighted by atomic mass is 9.32. The van der Waals surface area contributed by atoms with Crippen molar-refractivity contribution < 1.29 is 73.4 Å². The second kappa shape index (κ2) is 15.4. The summed E-state index contributed by atoms with van der Waals surface area (Å²) < 4.78 is 42.1. The van der Waals surface area contributed by atoms with Gasteiger partial charge in [0.2, 0.25) is 0 Å². The molecule has 21 unspecified atom stereocenters. The van der Waals surface area contributed by atoms with Crippen LogP contribution in [0.25, 0.3) is 0 Å². The van der Waals surface area contributed by atoms with Gasteiger partial charge in [0.1, 0.15) is 43.2 Å². The molecule has 7 fully saturated rings. The van der Waals surface area contributed by atoms with Crippen LogP contribution in [-0.4, -0.2) is 142 Å². The molecule has 4 saturated carbocycles. The van der Waals surface area contributed by atoms with Crippen molar-refractivity contribution in [3.05, 3.63) is 12.2 Å². The number of allylic oxidation sites excluding steroid dienone is 1. The van der Waals surface area contributed by atoms with Crippen molar-refractivity contribution in [1.29, 1.82) is 0 Å². The van der Waals surface area contributed by atoms with Crippen LogP contribution in [0.1, 0.15) is 114 Å². The maximum atomic E-state index is 12.2. The molecule has 0 aromatic heterocycles.